The van der Waals surface area contributed by atoms with Gasteiger partial charge in [-0.3, -0.25) is 0 Å². The van der Waals surface area contributed by atoms with Crippen molar-refractivity contribution in [3.8, 4) is 17.6 Å². The van der Waals surface area contributed by atoms with E-state index in [0.29, 0.717) is 5.92 Å². The minimum Gasteiger partial charge on any atom is -0.481 e. The van der Waals surface area contributed by atoms with E-state index in [9.17, 15) is 4.79 Å². The summed E-state index contributed by atoms with van der Waals surface area (Å²) in [5.41, 5.74) is 1.17. The van der Waals surface area contributed by atoms with Crippen molar-refractivity contribution in [3.05, 3.63) is 83.9 Å². The molecule has 3 aromatic rings. The maximum absolute atomic E-state index is 12.7. The molecule has 0 spiro atoms. The highest BCUT2D eigenvalue weighted by Crippen LogP contribution is 2.35. The number of carbonyl (C=O) groups is 1. The van der Waals surface area contributed by atoms with Crippen molar-refractivity contribution in [3.63, 3.8) is 0 Å². The zero-order chi connectivity index (χ0) is 27.7. The molecule has 1 saturated carbocycles. The largest absolute Gasteiger partial charge is 0.481 e. The van der Waals surface area contributed by atoms with E-state index in [1.807, 2.05) is 39.8 Å². The summed E-state index contributed by atoms with van der Waals surface area (Å²) in [6, 6.07) is 25.5. The molecule has 1 aliphatic rings. The molecule has 0 aromatic heterocycles. The zero-order valence-corrected chi connectivity index (χ0v) is 24.6. The minimum atomic E-state index is -0.837. The minimum absolute atomic E-state index is 0.140. The Bertz CT molecular complexity index is 1220. The summed E-state index contributed by atoms with van der Waals surface area (Å²) in [6.07, 6.45) is 8.70. The van der Waals surface area contributed by atoms with Crippen molar-refractivity contribution >= 4 is 16.9 Å². The van der Waals surface area contributed by atoms with Crippen LogP contribution in [0.15, 0.2) is 87.5 Å². The van der Waals surface area contributed by atoms with Gasteiger partial charge in [0.15, 0.2) is 26.9 Å². The number of benzene rings is 3. The van der Waals surface area contributed by atoms with Crippen LogP contribution < -0.4 is 4.74 Å². The van der Waals surface area contributed by atoms with Crippen LogP contribution in [-0.2, 0) is 20.4 Å². The van der Waals surface area contributed by atoms with Crippen molar-refractivity contribution in [1.82, 2.24) is 0 Å². The fourth-order valence-electron chi connectivity index (χ4n) is 5.12. The highest BCUT2D eigenvalue weighted by molar-refractivity contribution is 7.97. The van der Waals surface area contributed by atoms with Crippen molar-refractivity contribution in [2.75, 3.05) is 6.61 Å². The molecule has 4 heteroatoms. The molecule has 3 nitrogen and oxygen atoms in total. The third kappa shape index (κ3) is 8.41. The number of aryl methyl sites for hydroxylation is 2. The lowest BCUT2D eigenvalue weighted by atomic mass is 9.91. The quantitative estimate of drug-likeness (QED) is 0.171. The van der Waals surface area contributed by atoms with Gasteiger partial charge in [-0.2, -0.15) is 0 Å². The summed E-state index contributed by atoms with van der Waals surface area (Å²) in [6.45, 7) is 7.66. The van der Waals surface area contributed by atoms with E-state index >= 15 is 0 Å². The van der Waals surface area contributed by atoms with Crippen LogP contribution in [-0.4, -0.2) is 18.2 Å². The van der Waals surface area contributed by atoms with Gasteiger partial charge in [0.25, 0.3) is 0 Å². The van der Waals surface area contributed by atoms with Gasteiger partial charge in [0.2, 0.25) is 0 Å². The first-order chi connectivity index (χ1) is 18.8. The highest BCUT2D eigenvalue weighted by Gasteiger charge is 2.30. The molecule has 1 aliphatic carbocycles. The first kappa shape index (κ1) is 28.8. The average Bonchev–Trinajstić information content (AvgIpc) is 2.89. The topological polar surface area (TPSA) is 35.5 Å². The van der Waals surface area contributed by atoms with Crippen LogP contribution in [0.1, 0.15) is 69.9 Å². The summed E-state index contributed by atoms with van der Waals surface area (Å²) in [5, 5.41) is 0. The van der Waals surface area contributed by atoms with E-state index in [2.05, 4.69) is 72.5 Å². The second-order valence-corrected chi connectivity index (χ2v) is 12.9. The number of esters is 1. The van der Waals surface area contributed by atoms with Crippen LogP contribution in [0.5, 0.6) is 5.75 Å². The molecule has 204 valence electrons. The number of hydrogen-bond acceptors (Lipinski definition) is 3. The summed E-state index contributed by atoms with van der Waals surface area (Å²) >= 11 is 0. The summed E-state index contributed by atoms with van der Waals surface area (Å²) in [5.74, 6) is 7.37. The number of ether oxygens (including phenoxy) is 2. The molecule has 39 heavy (non-hydrogen) atoms. The molecular weight excluding hydrogens is 500 g/mol. The van der Waals surface area contributed by atoms with E-state index in [1.165, 1.54) is 46.8 Å². The van der Waals surface area contributed by atoms with Gasteiger partial charge in [-0.05, 0) is 75.9 Å². The van der Waals surface area contributed by atoms with Gasteiger partial charge in [-0.25, -0.2) is 4.79 Å². The number of carbonyl (C=O) groups excluding carboxylic acids is 1. The van der Waals surface area contributed by atoms with Gasteiger partial charge < -0.3 is 9.47 Å². The van der Waals surface area contributed by atoms with Gasteiger partial charge in [0, 0.05) is 18.1 Å². The Kier molecular flexibility index (Phi) is 10.2. The van der Waals surface area contributed by atoms with Crippen LogP contribution in [0.4, 0.5) is 0 Å². The first-order valence-corrected chi connectivity index (χ1v) is 15.4. The Morgan fingerprint density at radius 2 is 1.33 bits per heavy atom. The zero-order valence-electron chi connectivity index (χ0n) is 23.8. The van der Waals surface area contributed by atoms with E-state index < -0.39 is 11.6 Å². The maximum atomic E-state index is 12.7. The molecule has 0 heterocycles. The molecule has 0 N–H and O–H groups in total. The highest BCUT2D eigenvalue weighted by atomic mass is 32.2. The van der Waals surface area contributed by atoms with Crippen molar-refractivity contribution in [2.45, 2.75) is 92.9 Å². The van der Waals surface area contributed by atoms with Gasteiger partial charge in [0.05, 0.1) is 10.9 Å². The SMILES string of the molecule is Cc1cc([S+](c2ccccc2)c2ccccc2)cc(C)c1OCC(=O)OC(C)(C)C#CC1CCCCCCC1. The Balaban J connectivity index is 1.44. The molecule has 0 saturated heterocycles. The van der Waals surface area contributed by atoms with E-state index in [0.717, 1.165) is 29.7 Å². The molecular formula is C35H41O3S+. The Hall–Kier alpha value is -3.16. The molecule has 4 rings (SSSR count). The molecule has 0 unspecified atom stereocenters. The van der Waals surface area contributed by atoms with Crippen molar-refractivity contribution < 1.29 is 14.3 Å². The van der Waals surface area contributed by atoms with Crippen LogP contribution in [0.3, 0.4) is 0 Å². The lowest BCUT2D eigenvalue weighted by Crippen LogP contribution is -2.29. The molecule has 0 amide bonds. The molecule has 0 bridgehead atoms. The molecule has 1 fully saturated rings. The number of rotatable bonds is 7. The van der Waals surface area contributed by atoms with Gasteiger partial charge in [0.1, 0.15) is 5.75 Å². The maximum Gasteiger partial charge on any atom is 0.345 e. The second kappa shape index (κ2) is 13.8. The van der Waals surface area contributed by atoms with Gasteiger partial charge >= 0.3 is 5.97 Å². The van der Waals surface area contributed by atoms with E-state index in [1.54, 1.807) is 0 Å². The smallest absolute Gasteiger partial charge is 0.345 e. The van der Waals surface area contributed by atoms with E-state index in [-0.39, 0.29) is 17.5 Å². The fourth-order valence-corrected chi connectivity index (χ4v) is 7.39. The Morgan fingerprint density at radius 3 is 1.87 bits per heavy atom. The molecule has 0 atom stereocenters. The predicted octanol–water partition coefficient (Wildman–Crippen LogP) is 8.46. The van der Waals surface area contributed by atoms with Crippen LogP contribution in [0, 0.1) is 31.6 Å². The van der Waals surface area contributed by atoms with Crippen LogP contribution >= 0.6 is 0 Å². The van der Waals surface area contributed by atoms with Crippen molar-refractivity contribution in [1.29, 1.82) is 0 Å². The van der Waals surface area contributed by atoms with Gasteiger partial charge in [-0.15, -0.1) is 0 Å². The first-order valence-electron chi connectivity index (χ1n) is 14.2. The summed E-state index contributed by atoms with van der Waals surface area (Å²) in [4.78, 5) is 16.5. The van der Waals surface area contributed by atoms with E-state index in [4.69, 9.17) is 9.47 Å². The normalized spacial score (nSPS) is 14.6. The molecule has 3 aromatic carbocycles. The Morgan fingerprint density at radius 1 is 0.821 bits per heavy atom. The van der Waals surface area contributed by atoms with Crippen LogP contribution in [0.25, 0.3) is 0 Å². The fraction of sp³-hybridized carbons (Fsp3) is 0.400. The second-order valence-electron chi connectivity index (χ2n) is 10.9. The summed E-state index contributed by atoms with van der Waals surface area (Å²) in [7, 11) is -0.239. The third-order valence-electron chi connectivity index (χ3n) is 7.01. The van der Waals surface area contributed by atoms with Gasteiger partial charge in [-0.1, -0.05) is 80.3 Å². The third-order valence-corrected chi connectivity index (χ3v) is 9.21. The Labute approximate surface area is 237 Å². The molecule has 0 radical (unpaired) electrons. The standard InChI is InChI=1S/C35H41O3S/c1-27-24-32(39(30-18-12-8-13-19-30)31-20-14-9-15-21-31)25-28(2)34(27)37-26-33(36)38-35(3,4)23-22-29-16-10-6-5-7-11-17-29/h8-9,12-15,18-21,24-25,29H,5-7,10-11,16-17,26H2,1-4H3/q+1. The lowest BCUT2D eigenvalue weighted by molar-refractivity contribution is -0.154. The predicted molar refractivity (Wildman–Crippen MR) is 160 cm³/mol. The lowest BCUT2D eigenvalue weighted by Gasteiger charge is -2.21. The number of hydrogen-bond donors (Lipinski definition) is 0. The van der Waals surface area contributed by atoms with Crippen molar-refractivity contribution in [2.24, 2.45) is 5.92 Å². The monoisotopic (exact) mass is 541 g/mol. The summed E-state index contributed by atoms with van der Waals surface area (Å²) < 4.78 is 11.8. The molecule has 0 aliphatic heterocycles. The average molecular weight is 542 g/mol. The van der Waals surface area contributed by atoms with Crippen LogP contribution in [0.2, 0.25) is 0 Å².